The monoisotopic (exact) mass is 609 g/mol. The smallest absolute Gasteiger partial charge is 0.452 e. The molecule has 0 aliphatic carbocycles. The van der Waals surface area contributed by atoms with Crippen molar-refractivity contribution in [3.05, 3.63) is 95.3 Å². The van der Waals surface area contributed by atoms with Crippen molar-refractivity contribution in [2.75, 3.05) is 7.11 Å². The Kier molecular flexibility index (Phi) is 11.2. The molecule has 0 unspecified atom stereocenters. The summed E-state index contributed by atoms with van der Waals surface area (Å²) in [5, 5.41) is 16.8. The van der Waals surface area contributed by atoms with E-state index < -0.39 is 53.7 Å². The van der Waals surface area contributed by atoms with Gasteiger partial charge in [0.2, 0.25) is 11.8 Å². The highest BCUT2D eigenvalue weighted by atomic mass is 19.4. The van der Waals surface area contributed by atoms with Crippen LogP contribution in [0, 0.1) is 17.2 Å². The Labute approximate surface area is 251 Å². The molecule has 0 aliphatic heterocycles. The van der Waals surface area contributed by atoms with Crippen LogP contribution < -0.4 is 20.7 Å². The maximum Gasteiger partial charge on any atom is 0.452 e. The zero-order valence-corrected chi connectivity index (χ0v) is 24.0. The minimum absolute atomic E-state index is 0.00578. The first kappa shape index (κ1) is 33.3. The van der Waals surface area contributed by atoms with Crippen LogP contribution in [-0.4, -0.2) is 53.9 Å². The molecular weight excluding hydrogens is 579 g/mol. The molecule has 0 bridgehead atoms. The third-order valence-electron chi connectivity index (χ3n) is 6.61. The van der Waals surface area contributed by atoms with Gasteiger partial charge < -0.3 is 20.7 Å². The summed E-state index contributed by atoms with van der Waals surface area (Å²) in [6, 6.07) is 13.9. The van der Waals surface area contributed by atoms with Crippen LogP contribution in [0.5, 0.6) is 5.75 Å². The second-order valence-electron chi connectivity index (χ2n) is 10.0. The van der Waals surface area contributed by atoms with Gasteiger partial charge in [-0.05, 0) is 47.4 Å². The maximum atomic E-state index is 13.8. The van der Waals surface area contributed by atoms with E-state index in [2.05, 4.69) is 20.9 Å². The summed E-state index contributed by atoms with van der Waals surface area (Å²) in [6.07, 6.45) is -4.01. The van der Waals surface area contributed by atoms with E-state index in [0.29, 0.717) is 11.3 Å². The number of amides is 3. The van der Waals surface area contributed by atoms with Crippen molar-refractivity contribution in [3.63, 3.8) is 0 Å². The van der Waals surface area contributed by atoms with Gasteiger partial charge in [-0.2, -0.15) is 18.4 Å². The number of rotatable bonds is 12. The van der Waals surface area contributed by atoms with Gasteiger partial charge in [0.15, 0.2) is 0 Å². The SMILES string of the molecule is COc1ccc([C@H](NC(=O)[C@H](Cc2ccccc2C#N)NC(=O)c2ccccn2)C(=O)N[C@H](C(=O)C(F)(F)F)C(C)C)cc1. The number of ether oxygens (including phenoxy) is 1. The van der Waals surface area contributed by atoms with E-state index in [-0.39, 0.29) is 23.2 Å². The first-order valence-electron chi connectivity index (χ1n) is 13.4. The predicted octanol–water partition coefficient (Wildman–Crippen LogP) is 3.43. The molecule has 0 fully saturated rings. The molecule has 0 radical (unpaired) electrons. The first-order chi connectivity index (χ1) is 20.8. The number of nitriles is 1. The number of halogens is 3. The Hall–Kier alpha value is -5.25. The second kappa shape index (κ2) is 14.8. The molecule has 10 nitrogen and oxygen atoms in total. The predicted molar refractivity (Wildman–Crippen MR) is 152 cm³/mol. The Morgan fingerprint density at radius 2 is 1.57 bits per heavy atom. The van der Waals surface area contributed by atoms with Crippen LogP contribution in [0.4, 0.5) is 13.2 Å². The maximum absolute atomic E-state index is 13.8. The molecule has 1 heterocycles. The summed E-state index contributed by atoms with van der Waals surface area (Å²) in [5.41, 5.74) is 0.810. The van der Waals surface area contributed by atoms with E-state index in [1.165, 1.54) is 63.6 Å². The molecule has 0 saturated carbocycles. The molecule has 0 spiro atoms. The molecule has 1 aromatic heterocycles. The van der Waals surface area contributed by atoms with E-state index in [4.69, 9.17) is 4.74 Å². The molecule has 2 aromatic carbocycles. The summed E-state index contributed by atoms with van der Waals surface area (Å²) in [5.74, 6) is -5.38. The Morgan fingerprint density at radius 3 is 2.14 bits per heavy atom. The largest absolute Gasteiger partial charge is 0.497 e. The Bertz CT molecular complexity index is 1520. The zero-order chi connectivity index (χ0) is 32.4. The summed E-state index contributed by atoms with van der Waals surface area (Å²) in [7, 11) is 1.41. The van der Waals surface area contributed by atoms with Crippen LogP contribution >= 0.6 is 0 Å². The Morgan fingerprint density at radius 1 is 0.909 bits per heavy atom. The molecule has 0 aliphatic rings. The number of Topliss-reactive ketones (excluding diaryl/α,β-unsaturated/α-hetero) is 1. The average Bonchev–Trinajstić information content (AvgIpc) is 3.01. The molecule has 3 amide bonds. The topological polar surface area (TPSA) is 150 Å². The summed E-state index contributed by atoms with van der Waals surface area (Å²) >= 11 is 0. The zero-order valence-electron chi connectivity index (χ0n) is 24.0. The molecule has 3 atom stereocenters. The standard InChI is InChI=1S/C31H30F3N5O5/c1-18(2)25(27(40)31(32,33)34)38-30(43)26(19-11-13-22(44-3)14-12-19)39-29(42)24(16-20-8-4-5-9-21(20)17-35)37-28(41)23-10-6-7-15-36-23/h4-15,18,24-26H,16H2,1-3H3,(H,37,41)(H,38,43)(H,39,42)/t24-,25-,26-/m0/s1. The van der Waals surface area contributed by atoms with Gasteiger partial charge in [-0.1, -0.05) is 50.2 Å². The number of alkyl halides is 3. The number of ketones is 1. The van der Waals surface area contributed by atoms with Crippen LogP contribution in [0.25, 0.3) is 0 Å². The van der Waals surface area contributed by atoms with E-state index in [1.54, 1.807) is 30.3 Å². The highest BCUT2D eigenvalue weighted by molar-refractivity contribution is 5.98. The van der Waals surface area contributed by atoms with E-state index in [1.807, 2.05) is 6.07 Å². The number of nitrogens with one attached hydrogen (secondary N) is 3. The van der Waals surface area contributed by atoms with E-state index in [9.17, 15) is 37.6 Å². The lowest BCUT2D eigenvalue weighted by Gasteiger charge is -2.27. The van der Waals surface area contributed by atoms with Crippen molar-refractivity contribution < 1.29 is 37.1 Å². The molecule has 3 N–H and O–H groups in total. The summed E-state index contributed by atoms with van der Waals surface area (Å²) in [4.78, 5) is 56.3. The minimum Gasteiger partial charge on any atom is -0.497 e. The summed E-state index contributed by atoms with van der Waals surface area (Å²) in [6.45, 7) is 2.68. The number of carbonyl (C=O) groups is 4. The van der Waals surface area contributed by atoms with Crippen molar-refractivity contribution in [1.29, 1.82) is 5.26 Å². The van der Waals surface area contributed by atoms with Gasteiger partial charge in [-0.25, -0.2) is 0 Å². The molecule has 44 heavy (non-hydrogen) atoms. The lowest BCUT2D eigenvalue weighted by Crippen LogP contribution is -2.55. The van der Waals surface area contributed by atoms with Crippen molar-refractivity contribution in [3.8, 4) is 11.8 Å². The number of aromatic nitrogens is 1. The van der Waals surface area contributed by atoms with Gasteiger partial charge in [0.25, 0.3) is 11.7 Å². The van der Waals surface area contributed by atoms with E-state index >= 15 is 0 Å². The van der Waals surface area contributed by atoms with Crippen LogP contribution in [0.1, 0.15) is 47.1 Å². The highest BCUT2D eigenvalue weighted by Crippen LogP contribution is 2.23. The average molecular weight is 610 g/mol. The molecule has 13 heteroatoms. The van der Waals surface area contributed by atoms with Crippen molar-refractivity contribution in [1.82, 2.24) is 20.9 Å². The molecule has 3 aromatic rings. The van der Waals surface area contributed by atoms with Crippen LogP contribution in [0.3, 0.4) is 0 Å². The molecule has 3 rings (SSSR count). The number of hydrogen-bond donors (Lipinski definition) is 3. The number of nitrogens with zero attached hydrogens (tertiary/aromatic N) is 2. The van der Waals surface area contributed by atoms with Crippen LogP contribution in [-0.2, 0) is 20.8 Å². The molecule has 230 valence electrons. The second-order valence-corrected chi connectivity index (χ2v) is 10.0. The lowest BCUT2D eigenvalue weighted by molar-refractivity contribution is -0.175. The van der Waals surface area contributed by atoms with Gasteiger partial charge >= 0.3 is 6.18 Å². The fraction of sp³-hybridized carbons (Fsp3) is 0.290. The quantitative estimate of drug-likeness (QED) is 0.285. The fourth-order valence-electron chi connectivity index (χ4n) is 4.25. The number of methoxy groups -OCH3 is 1. The first-order valence-corrected chi connectivity index (χ1v) is 13.4. The van der Waals surface area contributed by atoms with Crippen molar-refractivity contribution >= 4 is 23.5 Å². The number of benzene rings is 2. The minimum atomic E-state index is -5.21. The number of pyridine rings is 1. The van der Waals surface area contributed by atoms with E-state index in [0.717, 1.165) is 0 Å². The van der Waals surface area contributed by atoms with Crippen LogP contribution in [0.15, 0.2) is 72.9 Å². The third-order valence-corrected chi connectivity index (χ3v) is 6.61. The lowest BCUT2D eigenvalue weighted by atomic mass is 9.97. The number of carbonyl (C=O) groups excluding carboxylic acids is 4. The van der Waals surface area contributed by atoms with Gasteiger partial charge in [0.1, 0.15) is 23.5 Å². The van der Waals surface area contributed by atoms with Gasteiger partial charge in [0.05, 0.1) is 24.8 Å². The van der Waals surface area contributed by atoms with Gasteiger partial charge in [-0.3, -0.25) is 24.2 Å². The Balaban J connectivity index is 1.99. The highest BCUT2D eigenvalue weighted by Gasteiger charge is 2.45. The van der Waals surface area contributed by atoms with Crippen molar-refractivity contribution in [2.45, 2.75) is 44.6 Å². The van der Waals surface area contributed by atoms with Crippen molar-refractivity contribution in [2.24, 2.45) is 5.92 Å². The number of hydrogen-bond acceptors (Lipinski definition) is 7. The van der Waals surface area contributed by atoms with Gasteiger partial charge in [-0.15, -0.1) is 0 Å². The van der Waals surface area contributed by atoms with Gasteiger partial charge in [0, 0.05) is 12.6 Å². The summed E-state index contributed by atoms with van der Waals surface area (Å²) < 4.78 is 45.1. The van der Waals surface area contributed by atoms with Crippen LogP contribution in [0.2, 0.25) is 0 Å². The normalized spacial score (nSPS) is 13.1. The third kappa shape index (κ3) is 8.64. The molecular formula is C31H30F3N5O5. The fourth-order valence-corrected chi connectivity index (χ4v) is 4.25. The molecule has 0 saturated heterocycles.